The molecule has 1 amide bonds. The van der Waals surface area contributed by atoms with Crippen LogP contribution >= 0.6 is 0 Å². The Morgan fingerprint density at radius 1 is 0.750 bits per heavy atom. The third-order valence-corrected chi connectivity index (χ3v) is 6.93. The number of carbonyl (C=O) groups excluding carboxylic acids is 1. The number of anilines is 2. The van der Waals surface area contributed by atoms with Gasteiger partial charge in [-0.3, -0.25) is 9.10 Å². The number of benzene rings is 4. The van der Waals surface area contributed by atoms with Crippen molar-refractivity contribution in [3.05, 3.63) is 115 Å². The summed E-state index contributed by atoms with van der Waals surface area (Å²) in [6.07, 6.45) is 0. The van der Waals surface area contributed by atoms with Crippen molar-refractivity contribution in [1.82, 2.24) is 0 Å². The van der Waals surface area contributed by atoms with E-state index in [1.165, 1.54) is 11.4 Å². The average molecular weight is 443 g/mol. The van der Waals surface area contributed by atoms with Gasteiger partial charge >= 0.3 is 0 Å². The van der Waals surface area contributed by atoms with Crippen LogP contribution < -0.4 is 9.62 Å². The summed E-state index contributed by atoms with van der Waals surface area (Å²) in [5.74, 6) is -0.319. The lowest BCUT2D eigenvalue weighted by molar-refractivity contribution is 0.102. The van der Waals surface area contributed by atoms with Gasteiger partial charge in [0.1, 0.15) is 0 Å². The van der Waals surface area contributed by atoms with E-state index in [1.54, 1.807) is 54.6 Å². The Morgan fingerprint density at radius 3 is 2.09 bits per heavy atom. The first-order valence-corrected chi connectivity index (χ1v) is 11.5. The smallest absolute Gasteiger partial charge is 0.264 e. The molecule has 0 fully saturated rings. The van der Waals surface area contributed by atoms with E-state index in [0.29, 0.717) is 16.9 Å². The molecule has 160 valence electrons. The van der Waals surface area contributed by atoms with Crippen molar-refractivity contribution >= 4 is 27.3 Å². The van der Waals surface area contributed by atoms with Crippen molar-refractivity contribution in [3.63, 3.8) is 0 Å². The second-order valence-electron chi connectivity index (χ2n) is 7.20. The molecular weight excluding hydrogens is 420 g/mol. The van der Waals surface area contributed by atoms with Crippen molar-refractivity contribution in [2.75, 3.05) is 16.7 Å². The fourth-order valence-corrected chi connectivity index (χ4v) is 4.60. The topological polar surface area (TPSA) is 66.5 Å². The van der Waals surface area contributed by atoms with E-state index >= 15 is 0 Å². The number of sulfonamides is 1. The number of carbonyl (C=O) groups is 1. The zero-order valence-electron chi connectivity index (χ0n) is 17.5. The Hall–Kier alpha value is -3.90. The summed E-state index contributed by atoms with van der Waals surface area (Å²) in [6, 6.07) is 32.1. The van der Waals surface area contributed by atoms with E-state index in [9.17, 15) is 13.2 Å². The van der Waals surface area contributed by atoms with Gasteiger partial charge in [-0.05, 0) is 42.0 Å². The number of rotatable bonds is 6. The number of para-hydroxylation sites is 1. The summed E-state index contributed by atoms with van der Waals surface area (Å²) in [7, 11) is -2.26. The molecular formula is C26H22N2O3S. The Kier molecular flexibility index (Phi) is 6.05. The van der Waals surface area contributed by atoms with E-state index in [1.807, 2.05) is 54.6 Å². The molecule has 4 aromatic carbocycles. The van der Waals surface area contributed by atoms with Crippen LogP contribution in [0.15, 0.2) is 114 Å². The van der Waals surface area contributed by atoms with E-state index in [0.717, 1.165) is 11.1 Å². The highest BCUT2D eigenvalue weighted by Crippen LogP contribution is 2.28. The van der Waals surface area contributed by atoms with Gasteiger partial charge in [-0.15, -0.1) is 0 Å². The van der Waals surface area contributed by atoms with Gasteiger partial charge in [-0.25, -0.2) is 8.42 Å². The van der Waals surface area contributed by atoms with Crippen LogP contribution in [0.3, 0.4) is 0 Å². The summed E-state index contributed by atoms with van der Waals surface area (Å²) < 4.78 is 27.0. The zero-order chi connectivity index (χ0) is 22.6. The van der Waals surface area contributed by atoms with Gasteiger partial charge in [0.2, 0.25) is 0 Å². The van der Waals surface area contributed by atoms with E-state index in [4.69, 9.17) is 0 Å². The van der Waals surface area contributed by atoms with E-state index < -0.39 is 10.0 Å². The molecule has 0 aliphatic heterocycles. The maximum Gasteiger partial charge on any atom is 0.264 e. The molecule has 0 heterocycles. The predicted octanol–water partition coefficient (Wildman–Crippen LogP) is 5.43. The monoisotopic (exact) mass is 442 g/mol. The minimum Gasteiger partial charge on any atom is -0.321 e. The summed E-state index contributed by atoms with van der Waals surface area (Å²) in [5.41, 5.74) is 3.34. The lowest BCUT2D eigenvalue weighted by Gasteiger charge is -2.20. The zero-order valence-corrected chi connectivity index (χ0v) is 18.3. The van der Waals surface area contributed by atoms with Gasteiger partial charge in [0.25, 0.3) is 15.9 Å². The number of nitrogens with one attached hydrogen (secondary N) is 1. The first-order valence-electron chi connectivity index (χ1n) is 10.1. The van der Waals surface area contributed by atoms with Gasteiger partial charge in [0, 0.05) is 23.9 Å². The third-order valence-electron chi connectivity index (χ3n) is 5.13. The van der Waals surface area contributed by atoms with E-state index in [2.05, 4.69) is 5.32 Å². The molecule has 4 aromatic rings. The molecule has 0 aromatic heterocycles. The summed E-state index contributed by atoms with van der Waals surface area (Å²) >= 11 is 0. The average Bonchev–Trinajstić information content (AvgIpc) is 2.85. The number of hydrogen-bond donors (Lipinski definition) is 1. The van der Waals surface area contributed by atoms with Crippen LogP contribution in [0.1, 0.15) is 10.4 Å². The molecule has 0 atom stereocenters. The highest BCUT2D eigenvalue weighted by Gasteiger charge is 2.21. The highest BCUT2D eigenvalue weighted by atomic mass is 32.2. The maximum absolute atomic E-state index is 13.0. The van der Waals surface area contributed by atoms with Crippen molar-refractivity contribution in [2.24, 2.45) is 0 Å². The second-order valence-corrected chi connectivity index (χ2v) is 9.17. The molecule has 4 rings (SSSR count). The van der Waals surface area contributed by atoms with Crippen LogP contribution in [0.5, 0.6) is 0 Å². The largest absolute Gasteiger partial charge is 0.321 e. The van der Waals surface area contributed by atoms with Gasteiger partial charge in [0.05, 0.1) is 10.6 Å². The van der Waals surface area contributed by atoms with E-state index in [-0.39, 0.29) is 10.8 Å². The molecule has 0 aliphatic carbocycles. The van der Waals surface area contributed by atoms with Crippen LogP contribution in [0, 0.1) is 0 Å². The standard InChI is InChI=1S/C26H22N2O3S/c1-28(32(30,31)23-15-6-3-7-16-23)22-14-10-13-21(19-22)26(29)27-25-18-9-8-17-24(25)20-11-4-2-5-12-20/h2-19H,1H3,(H,27,29). The molecule has 0 unspecified atom stereocenters. The summed E-state index contributed by atoms with van der Waals surface area (Å²) in [5, 5.41) is 2.95. The SMILES string of the molecule is CN(c1cccc(C(=O)Nc2ccccc2-c2ccccc2)c1)S(=O)(=O)c1ccccc1. The molecule has 0 saturated heterocycles. The summed E-state index contributed by atoms with van der Waals surface area (Å²) in [4.78, 5) is 13.2. The van der Waals surface area contributed by atoms with Gasteiger partial charge in [-0.1, -0.05) is 72.8 Å². The molecule has 32 heavy (non-hydrogen) atoms. The molecule has 0 saturated carbocycles. The highest BCUT2D eigenvalue weighted by molar-refractivity contribution is 7.92. The van der Waals surface area contributed by atoms with Crippen LogP contribution in [0.2, 0.25) is 0 Å². The van der Waals surface area contributed by atoms with Crippen molar-refractivity contribution in [2.45, 2.75) is 4.90 Å². The minimum absolute atomic E-state index is 0.189. The Labute approximate surface area is 188 Å². The Bertz CT molecular complexity index is 1340. The predicted molar refractivity (Wildman–Crippen MR) is 128 cm³/mol. The quantitative estimate of drug-likeness (QED) is 0.433. The molecule has 0 spiro atoms. The third kappa shape index (κ3) is 4.40. The number of amides is 1. The molecule has 0 radical (unpaired) electrons. The van der Waals surface area contributed by atoms with Crippen molar-refractivity contribution < 1.29 is 13.2 Å². The van der Waals surface area contributed by atoms with Crippen LogP contribution in [0.25, 0.3) is 11.1 Å². The Balaban J connectivity index is 1.61. The number of hydrogen-bond acceptors (Lipinski definition) is 3. The van der Waals surface area contributed by atoms with Crippen molar-refractivity contribution in [3.8, 4) is 11.1 Å². The first-order chi connectivity index (χ1) is 15.5. The fourth-order valence-electron chi connectivity index (χ4n) is 3.39. The van der Waals surface area contributed by atoms with Crippen LogP contribution in [0.4, 0.5) is 11.4 Å². The molecule has 1 N–H and O–H groups in total. The first kappa shape index (κ1) is 21.3. The van der Waals surface area contributed by atoms with Crippen LogP contribution in [-0.4, -0.2) is 21.4 Å². The normalized spacial score (nSPS) is 11.0. The second kappa shape index (κ2) is 9.08. The van der Waals surface area contributed by atoms with Gasteiger partial charge in [0.15, 0.2) is 0 Å². The fraction of sp³-hybridized carbons (Fsp3) is 0.0385. The minimum atomic E-state index is -3.73. The molecule has 0 aliphatic rings. The Morgan fingerprint density at radius 2 is 1.38 bits per heavy atom. The molecule has 6 heteroatoms. The summed E-state index contributed by atoms with van der Waals surface area (Å²) in [6.45, 7) is 0. The van der Waals surface area contributed by atoms with Gasteiger partial charge in [-0.2, -0.15) is 0 Å². The number of nitrogens with zero attached hydrogens (tertiary/aromatic N) is 1. The molecule has 0 bridgehead atoms. The lowest BCUT2D eigenvalue weighted by atomic mass is 10.0. The maximum atomic E-state index is 13.0. The van der Waals surface area contributed by atoms with Crippen molar-refractivity contribution in [1.29, 1.82) is 0 Å². The van der Waals surface area contributed by atoms with Gasteiger partial charge < -0.3 is 5.32 Å². The lowest BCUT2D eigenvalue weighted by Crippen LogP contribution is -2.26. The van der Waals surface area contributed by atoms with Crippen LogP contribution in [-0.2, 0) is 10.0 Å². The molecule has 5 nitrogen and oxygen atoms in total.